The standard InChI is InChI=1S/C12H8BrF3N2/c13-10-7(1-2-8(14)11(10)16)12(17)6-3-4-18-5-9(6)15/h1-5,12H,17H2. The van der Waals surface area contributed by atoms with Crippen molar-refractivity contribution in [3.05, 3.63) is 63.6 Å². The Labute approximate surface area is 110 Å². The third-order valence-corrected chi connectivity index (χ3v) is 3.34. The number of hydrogen-bond acceptors (Lipinski definition) is 2. The minimum absolute atomic E-state index is 0.105. The highest BCUT2D eigenvalue weighted by Gasteiger charge is 2.19. The molecule has 2 aromatic rings. The van der Waals surface area contributed by atoms with Crippen LogP contribution < -0.4 is 5.73 Å². The third kappa shape index (κ3) is 2.26. The van der Waals surface area contributed by atoms with Crippen LogP contribution in [-0.2, 0) is 0 Å². The molecule has 0 amide bonds. The van der Waals surface area contributed by atoms with Crippen molar-refractivity contribution in [3.63, 3.8) is 0 Å². The molecule has 0 bridgehead atoms. The molecule has 0 aliphatic rings. The van der Waals surface area contributed by atoms with Gasteiger partial charge in [-0.1, -0.05) is 6.07 Å². The predicted molar refractivity (Wildman–Crippen MR) is 64.3 cm³/mol. The fourth-order valence-electron chi connectivity index (χ4n) is 1.59. The highest BCUT2D eigenvalue weighted by atomic mass is 79.9. The number of rotatable bonds is 2. The Balaban J connectivity index is 2.50. The van der Waals surface area contributed by atoms with Crippen molar-refractivity contribution < 1.29 is 13.2 Å². The van der Waals surface area contributed by atoms with E-state index in [1.807, 2.05) is 0 Å². The van der Waals surface area contributed by atoms with Crippen LogP contribution in [0, 0.1) is 17.5 Å². The Morgan fingerprint density at radius 1 is 1.06 bits per heavy atom. The highest BCUT2D eigenvalue weighted by molar-refractivity contribution is 9.10. The summed E-state index contributed by atoms with van der Waals surface area (Å²) < 4.78 is 39.8. The van der Waals surface area contributed by atoms with Crippen molar-refractivity contribution in [1.29, 1.82) is 0 Å². The maximum atomic E-state index is 13.5. The van der Waals surface area contributed by atoms with Gasteiger partial charge in [-0.25, -0.2) is 13.2 Å². The molecule has 6 heteroatoms. The molecule has 1 aromatic heterocycles. The second-order valence-electron chi connectivity index (χ2n) is 3.64. The number of nitrogens with zero attached hydrogens (tertiary/aromatic N) is 1. The van der Waals surface area contributed by atoms with E-state index in [9.17, 15) is 13.2 Å². The van der Waals surface area contributed by atoms with Crippen molar-refractivity contribution in [2.45, 2.75) is 6.04 Å². The monoisotopic (exact) mass is 316 g/mol. The maximum absolute atomic E-state index is 13.5. The number of halogens is 4. The molecule has 0 saturated heterocycles. The fourth-order valence-corrected chi connectivity index (χ4v) is 2.15. The van der Waals surface area contributed by atoms with Gasteiger partial charge in [0.2, 0.25) is 0 Å². The van der Waals surface area contributed by atoms with E-state index < -0.39 is 23.5 Å². The molecule has 18 heavy (non-hydrogen) atoms. The molecule has 2 N–H and O–H groups in total. The van der Waals surface area contributed by atoms with Gasteiger partial charge in [0.05, 0.1) is 16.7 Å². The summed E-state index contributed by atoms with van der Waals surface area (Å²) >= 11 is 2.92. The van der Waals surface area contributed by atoms with Gasteiger partial charge < -0.3 is 5.73 Å². The van der Waals surface area contributed by atoms with Crippen molar-refractivity contribution in [2.75, 3.05) is 0 Å². The zero-order valence-corrected chi connectivity index (χ0v) is 10.6. The Morgan fingerprint density at radius 2 is 1.78 bits per heavy atom. The molecule has 2 nitrogen and oxygen atoms in total. The number of nitrogens with two attached hydrogens (primary N) is 1. The predicted octanol–water partition coefficient (Wildman–Crippen LogP) is 3.31. The molecule has 2 rings (SSSR count). The maximum Gasteiger partial charge on any atom is 0.173 e. The minimum atomic E-state index is -1.04. The van der Waals surface area contributed by atoms with Gasteiger partial charge in [0, 0.05) is 11.8 Å². The Kier molecular flexibility index (Phi) is 3.68. The average Bonchev–Trinajstić information content (AvgIpc) is 2.36. The summed E-state index contributed by atoms with van der Waals surface area (Å²) in [5.41, 5.74) is 6.28. The first-order valence-corrected chi connectivity index (χ1v) is 5.80. The summed E-state index contributed by atoms with van der Waals surface area (Å²) in [6, 6.07) is 2.76. The Bertz CT molecular complexity index is 590. The van der Waals surface area contributed by atoms with Crippen molar-refractivity contribution in [1.82, 2.24) is 4.98 Å². The SMILES string of the molecule is NC(c1ccncc1F)c1ccc(F)c(F)c1Br. The van der Waals surface area contributed by atoms with E-state index in [0.29, 0.717) is 0 Å². The highest BCUT2D eigenvalue weighted by Crippen LogP contribution is 2.30. The molecule has 0 aliphatic carbocycles. The molecular weight excluding hydrogens is 309 g/mol. The second kappa shape index (κ2) is 5.07. The first-order chi connectivity index (χ1) is 8.52. The molecule has 1 heterocycles. The van der Waals surface area contributed by atoms with Crippen LogP contribution in [0.5, 0.6) is 0 Å². The lowest BCUT2D eigenvalue weighted by Crippen LogP contribution is -2.15. The van der Waals surface area contributed by atoms with Crippen LogP contribution in [0.2, 0.25) is 0 Å². The van der Waals surface area contributed by atoms with E-state index in [1.165, 1.54) is 18.3 Å². The normalized spacial score (nSPS) is 12.5. The van der Waals surface area contributed by atoms with E-state index in [0.717, 1.165) is 12.3 Å². The van der Waals surface area contributed by atoms with E-state index in [2.05, 4.69) is 20.9 Å². The van der Waals surface area contributed by atoms with Crippen LogP contribution in [0.15, 0.2) is 35.1 Å². The van der Waals surface area contributed by atoms with Gasteiger partial charge >= 0.3 is 0 Å². The molecule has 0 fully saturated rings. The molecule has 1 unspecified atom stereocenters. The van der Waals surface area contributed by atoms with E-state index in [4.69, 9.17) is 5.73 Å². The summed E-state index contributed by atoms with van der Waals surface area (Å²) in [5, 5.41) is 0. The second-order valence-corrected chi connectivity index (χ2v) is 4.43. The van der Waals surface area contributed by atoms with Crippen LogP contribution in [0.25, 0.3) is 0 Å². The topological polar surface area (TPSA) is 38.9 Å². The lowest BCUT2D eigenvalue weighted by molar-refractivity contribution is 0.500. The van der Waals surface area contributed by atoms with Gasteiger partial charge in [-0.15, -0.1) is 0 Å². The van der Waals surface area contributed by atoms with E-state index in [1.54, 1.807) is 0 Å². The minimum Gasteiger partial charge on any atom is -0.320 e. The van der Waals surface area contributed by atoms with Gasteiger partial charge in [-0.3, -0.25) is 4.98 Å². The van der Waals surface area contributed by atoms with Gasteiger partial charge in [-0.05, 0) is 33.6 Å². The van der Waals surface area contributed by atoms with Crippen molar-refractivity contribution >= 4 is 15.9 Å². The van der Waals surface area contributed by atoms with Crippen LogP contribution >= 0.6 is 15.9 Å². The molecule has 1 atom stereocenters. The van der Waals surface area contributed by atoms with Crippen LogP contribution in [0.1, 0.15) is 17.2 Å². The fraction of sp³-hybridized carbons (Fsp3) is 0.0833. The zero-order chi connectivity index (χ0) is 13.3. The molecule has 0 aliphatic heterocycles. The summed E-state index contributed by atoms with van der Waals surface area (Å²) in [6.07, 6.45) is 2.40. The Hall–Kier alpha value is -1.40. The molecule has 0 saturated carbocycles. The Morgan fingerprint density at radius 3 is 2.44 bits per heavy atom. The van der Waals surface area contributed by atoms with Crippen LogP contribution in [0.3, 0.4) is 0 Å². The number of pyridine rings is 1. The van der Waals surface area contributed by atoms with Crippen LogP contribution in [0.4, 0.5) is 13.2 Å². The summed E-state index contributed by atoms with van der Waals surface area (Å²) in [7, 11) is 0. The number of aromatic nitrogens is 1. The average molecular weight is 317 g/mol. The first-order valence-electron chi connectivity index (χ1n) is 5.00. The van der Waals surface area contributed by atoms with Crippen LogP contribution in [-0.4, -0.2) is 4.98 Å². The largest absolute Gasteiger partial charge is 0.320 e. The molecule has 1 aromatic carbocycles. The van der Waals surface area contributed by atoms with Crippen molar-refractivity contribution in [3.8, 4) is 0 Å². The summed E-state index contributed by atoms with van der Waals surface area (Å²) in [6.45, 7) is 0. The van der Waals surface area contributed by atoms with Gasteiger partial charge in [-0.2, -0.15) is 0 Å². The summed E-state index contributed by atoms with van der Waals surface area (Å²) in [5.74, 6) is -2.63. The number of hydrogen-bond donors (Lipinski definition) is 1. The van der Waals surface area contributed by atoms with Gasteiger partial charge in [0.25, 0.3) is 0 Å². The lowest BCUT2D eigenvalue weighted by atomic mass is 10.00. The quantitative estimate of drug-likeness (QED) is 0.863. The summed E-state index contributed by atoms with van der Waals surface area (Å²) in [4.78, 5) is 3.60. The smallest absolute Gasteiger partial charge is 0.173 e. The number of benzene rings is 1. The third-order valence-electron chi connectivity index (χ3n) is 2.54. The molecule has 0 spiro atoms. The zero-order valence-electron chi connectivity index (χ0n) is 9.00. The van der Waals surface area contributed by atoms with Gasteiger partial charge in [0.15, 0.2) is 11.6 Å². The first kappa shape index (κ1) is 13.0. The molecule has 94 valence electrons. The molecule has 0 radical (unpaired) electrons. The van der Waals surface area contributed by atoms with Gasteiger partial charge in [0.1, 0.15) is 5.82 Å². The molecular formula is C12H8BrF3N2. The van der Waals surface area contributed by atoms with E-state index in [-0.39, 0.29) is 15.6 Å². The van der Waals surface area contributed by atoms with Crippen molar-refractivity contribution in [2.24, 2.45) is 5.73 Å². The van der Waals surface area contributed by atoms with E-state index >= 15 is 0 Å². The lowest BCUT2D eigenvalue weighted by Gasteiger charge is -2.15.